The Labute approximate surface area is 376 Å². The number of carbonyl (C=O) groups is 10. The van der Waals surface area contributed by atoms with Gasteiger partial charge in [0.15, 0.2) is 0 Å². The van der Waals surface area contributed by atoms with E-state index >= 15 is 0 Å². The van der Waals surface area contributed by atoms with Crippen molar-refractivity contribution in [1.29, 1.82) is 0 Å². The Bertz CT molecular complexity index is 1960. The summed E-state index contributed by atoms with van der Waals surface area (Å²) >= 11 is 0. The van der Waals surface area contributed by atoms with E-state index in [2.05, 4.69) is 37.2 Å². The van der Waals surface area contributed by atoms with Gasteiger partial charge in [0.05, 0.1) is 18.9 Å². The van der Waals surface area contributed by atoms with E-state index in [1.54, 1.807) is 74.5 Å². The smallest absolute Gasteiger partial charge is 0.326 e. The standard InChI is InChI=1S/C44H61N7O14/c1-6-7-18-34(53)46-30(20-27-14-10-8-11-15-27)42(62)51-37(26(5)52)43(63)49-29(19-24(2)3)40(60)48-31(22-35(54)55)39(59)45-25(4)38(58)47-32(23-36(56)57)41(61)50-33(44(64)65)21-28-16-12-9-13-17-28/h8-17,24-26,29-33,37,52H,6-7,18-23H2,1-5H3,(H,45,59)(H,46,53)(H,47,58)(H,48,60)(H,49,63)(H,50,61)(H,51,62)(H,54,55)(H,56,57)(H,64,65)/t25-,26+,29-,30-,31-,32-,33-,37-/m0/s1. The highest BCUT2D eigenvalue weighted by molar-refractivity contribution is 5.98. The van der Waals surface area contributed by atoms with Crippen LogP contribution in [0.2, 0.25) is 0 Å². The van der Waals surface area contributed by atoms with E-state index in [1.807, 2.05) is 6.92 Å². The molecule has 0 bridgehead atoms. The Morgan fingerprint density at radius 3 is 1.40 bits per heavy atom. The third kappa shape index (κ3) is 20.0. The molecule has 0 radical (unpaired) electrons. The van der Waals surface area contributed by atoms with Crippen LogP contribution < -0.4 is 37.2 Å². The summed E-state index contributed by atoms with van der Waals surface area (Å²) in [6.07, 6.45) is -2.30. The molecule has 7 amide bonds. The lowest BCUT2D eigenvalue weighted by Crippen LogP contribution is -2.61. The molecule has 0 unspecified atom stereocenters. The molecular weight excluding hydrogens is 851 g/mol. The fourth-order valence-electron chi connectivity index (χ4n) is 6.32. The second kappa shape index (κ2) is 27.3. The first-order valence-electron chi connectivity index (χ1n) is 21.2. The van der Waals surface area contributed by atoms with Crippen LogP contribution in [0.5, 0.6) is 0 Å². The van der Waals surface area contributed by atoms with Gasteiger partial charge in [-0.05, 0) is 43.7 Å². The Hall–Kier alpha value is -6.90. The average molecular weight is 912 g/mol. The van der Waals surface area contributed by atoms with E-state index in [1.165, 1.54) is 6.92 Å². The number of aliphatic hydroxyl groups excluding tert-OH is 1. The maximum atomic E-state index is 13.7. The molecule has 8 atom stereocenters. The number of hydrogen-bond donors (Lipinski definition) is 11. The topological polar surface area (TPSA) is 336 Å². The molecule has 0 spiro atoms. The SMILES string of the molecule is CCCCC(=O)N[C@@H](Cc1ccccc1)C(=O)N[C@H](C(=O)N[C@@H](CC(C)C)C(=O)N[C@@H](CC(=O)O)C(=O)N[C@@H](C)C(=O)N[C@@H](CC(=O)O)C(=O)N[C@@H](Cc1ccccc1)C(=O)O)[C@@H](C)O. The first kappa shape index (κ1) is 54.2. The van der Waals surface area contributed by atoms with Gasteiger partial charge in [0.25, 0.3) is 0 Å². The van der Waals surface area contributed by atoms with E-state index in [4.69, 9.17) is 0 Å². The van der Waals surface area contributed by atoms with Gasteiger partial charge in [-0.15, -0.1) is 0 Å². The van der Waals surface area contributed by atoms with Gasteiger partial charge in [0.2, 0.25) is 41.4 Å². The lowest BCUT2D eigenvalue weighted by molar-refractivity contribution is -0.143. The Balaban J connectivity index is 2.23. The zero-order valence-electron chi connectivity index (χ0n) is 37.0. The van der Waals surface area contributed by atoms with Crippen LogP contribution in [0.1, 0.15) is 84.3 Å². The van der Waals surface area contributed by atoms with Crippen molar-refractivity contribution in [3.63, 3.8) is 0 Å². The van der Waals surface area contributed by atoms with E-state index in [0.717, 1.165) is 13.3 Å². The highest BCUT2D eigenvalue weighted by Gasteiger charge is 2.36. The number of carboxylic acids is 3. The molecule has 11 N–H and O–H groups in total. The van der Waals surface area contributed by atoms with Gasteiger partial charge in [0, 0.05) is 19.3 Å². The van der Waals surface area contributed by atoms with Crippen LogP contribution in [-0.2, 0) is 60.8 Å². The molecule has 2 rings (SSSR count). The molecule has 0 aliphatic heterocycles. The van der Waals surface area contributed by atoms with Crippen LogP contribution in [0.4, 0.5) is 0 Å². The van der Waals surface area contributed by atoms with Gasteiger partial charge >= 0.3 is 17.9 Å². The van der Waals surface area contributed by atoms with Crippen molar-refractivity contribution in [2.75, 3.05) is 0 Å². The number of aliphatic carboxylic acids is 3. The third-order valence-electron chi connectivity index (χ3n) is 9.77. The molecule has 65 heavy (non-hydrogen) atoms. The molecule has 21 nitrogen and oxygen atoms in total. The molecule has 0 saturated heterocycles. The molecular formula is C44H61N7O14. The van der Waals surface area contributed by atoms with Crippen molar-refractivity contribution in [3.05, 3.63) is 71.8 Å². The monoisotopic (exact) mass is 911 g/mol. The van der Waals surface area contributed by atoms with Crippen molar-refractivity contribution in [2.45, 2.75) is 134 Å². The van der Waals surface area contributed by atoms with Gasteiger partial charge in [-0.25, -0.2) is 4.79 Å². The summed E-state index contributed by atoms with van der Waals surface area (Å²) in [5, 5.41) is 55.8. The van der Waals surface area contributed by atoms with E-state index in [-0.39, 0.29) is 31.6 Å². The van der Waals surface area contributed by atoms with Crippen molar-refractivity contribution in [3.8, 4) is 0 Å². The summed E-state index contributed by atoms with van der Waals surface area (Å²) in [4.78, 5) is 129. The molecule has 0 aromatic heterocycles. The first-order valence-corrected chi connectivity index (χ1v) is 21.2. The van der Waals surface area contributed by atoms with Crippen molar-refractivity contribution in [2.24, 2.45) is 5.92 Å². The molecule has 0 saturated carbocycles. The molecule has 356 valence electrons. The Morgan fingerprint density at radius 2 is 0.938 bits per heavy atom. The number of rotatable bonds is 28. The van der Waals surface area contributed by atoms with Crippen LogP contribution >= 0.6 is 0 Å². The number of nitrogens with one attached hydrogen (secondary N) is 7. The summed E-state index contributed by atoms with van der Waals surface area (Å²) in [6.45, 7) is 7.62. The van der Waals surface area contributed by atoms with Crippen LogP contribution in [0, 0.1) is 5.92 Å². The average Bonchev–Trinajstić information content (AvgIpc) is 3.23. The fraction of sp³-hybridized carbons (Fsp3) is 0.500. The number of benzene rings is 2. The summed E-state index contributed by atoms with van der Waals surface area (Å²) in [5.74, 6) is -11.6. The molecule has 0 fully saturated rings. The van der Waals surface area contributed by atoms with Crippen LogP contribution in [0.3, 0.4) is 0 Å². The fourth-order valence-corrected chi connectivity index (χ4v) is 6.32. The maximum Gasteiger partial charge on any atom is 0.326 e. The van der Waals surface area contributed by atoms with Gasteiger partial charge < -0.3 is 57.6 Å². The lowest BCUT2D eigenvalue weighted by atomic mass is 10.0. The molecule has 21 heteroatoms. The number of aliphatic hydroxyl groups is 1. The molecule has 0 aliphatic carbocycles. The number of amides is 7. The normalized spacial score (nSPS) is 14.6. The van der Waals surface area contributed by atoms with Gasteiger partial charge in [-0.3, -0.25) is 43.2 Å². The summed E-state index contributed by atoms with van der Waals surface area (Å²) < 4.78 is 0. The second-order valence-electron chi connectivity index (χ2n) is 16.0. The van der Waals surface area contributed by atoms with Crippen LogP contribution in [0.25, 0.3) is 0 Å². The van der Waals surface area contributed by atoms with Crippen LogP contribution in [-0.4, -0.2) is 128 Å². The largest absolute Gasteiger partial charge is 0.481 e. The number of hydrogen-bond acceptors (Lipinski definition) is 11. The highest BCUT2D eigenvalue weighted by Crippen LogP contribution is 2.11. The lowest BCUT2D eigenvalue weighted by Gasteiger charge is -2.28. The van der Waals surface area contributed by atoms with E-state index in [9.17, 15) is 68.4 Å². The molecule has 2 aromatic rings. The minimum absolute atomic E-state index is 0.0467. The third-order valence-corrected chi connectivity index (χ3v) is 9.77. The summed E-state index contributed by atoms with van der Waals surface area (Å²) in [5.41, 5.74) is 1.23. The maximum absolute atomic E-state index is 13.7. The summed E-state index contributed by atoms with van der Waals surface area (Å²) in [7, 11) is 0. The van der Waals surface area contributed by atoms with Crippen molar-refractivity contribution in [1.82, 2.24) is 37.2 Å². The summed E-state index contributed by atoms with van der Waals surface area (Å²) in [6, 6.07) is 5.91. The minimum atomic E-state index is -1.86. The first-order chi connectivity index (χ1) is 30.6. The van der Waals surface area contributed by atoms with Crippen molar-refractivity contribution < 1.29 is 68.4 Å². The number of unbranched alkanes of at least 4 members (excludes halogenated alkanes) is 1. The predicted molar refractivity (Wildman–Crippen MR) is 232 cm³/mol. The van der Waals surface area contributed by atoms with E-state index < -0.39 is 120 Å². The van der Waals surface area contributed by atoms with Crippen LogP contribution in [0.15, 0.2) is 60.7 Å². The quantitative estimate of drug-likeness (QED) is 0.0515. The number of carbonyl (C=O) groups excluding carboxylic acids is 7. The zero-order valence-corrected chi connectivity index (χ0v) is 37.0. The van der Waals surface area contributed by atoms with Gasteiger partial charge in [0.1, 0.15) is 42.3 Å². The van der Waals surface area contributed by atoms with E-state index in [0.29, 0.717) is 17.5 Å². The Morgan fingerprint density at radius 1 is 0.508 bits per heavy atom. The second-order valence-corrected chi connectivity index (χ2v) is 16.0. The van der Waals surface area contributed by atoms with Crippen molar-refractivity contribution >= 4 is 59.3 Å². The molecule has 0 aliphatic rings. The highest BCUT2D eigenvalue weighted by atomic mass is 16.4. The molecule has 0 heterocycles. The Kier molecular flexibility index (Phi) is 22.8. The predicted octanol–water partition coefficient (Wildman–Crippen LogP) is -0.464. The minimum Gasteiger partial charge on any atom is -0.481 e. The zero-order chi connectivity index (χ0) is 48.8. The molecule has 2 aromatic carbocycles. The van der Waals surface area contributed by atoms with Gasteiger partial charge in [-0.1, -0.05) is 87.9 Å². The number of carboxylic acid groups (broad SMARTS) is 3. The van der Waals surface area contributed by atoms with Gasteiger partial charge in [-0.2, -0.15) is 0 Å².